The van der Waals surface area contributed by atoms with Crippen molar-refractivity contribution in [2.75, 3.05) is 5.73 Å². The molecule has 1 fully saturated rings. The Bertz CT molecular complexity index is 417. The lowest BCUT2D eigenvalue weighted by Crippen LogP contribution is -2.18. The lowest BCUT2D eigenvalue weighted by Gasteiger charge is -2.17. The van der Waals surface area contributed by atoms with Crippen LogP contribution in [-0.2, 0) is 4.79 Å². The fourth-order valence-corrected chi connectivity index (χ4v) is 2.53. The van der Waals surface area contributed by atoms with Gasteiger partial charge in [0.25, 0.3) is 0 Å². The number of carboxylic acids is 1. The largest absolute Gasteiger partial charge is 0.481 e. The number of hydrogen-bond acceptors (Lipinski definition) is 3. The molecule has 0 spiro atoms. The topological polar surface area (TPSA) is 76.2 Å². The van der Waals surface area contributed by atoms with E-state index in [0.29, 0.717) is 5.82 Å². The van der Waals surface area contributed by atoms with Gasteiger partial charge in [-0.3, -0.25) is 4.79 Å². The van der Waals surface area contributed by atoms with E-state index in [1.54, 1.807) is 6.20 Å². The molecule has 0 saturated heterocycles. The molecule has 4 heteroatoms. The molecule has 2 atom stereocenters. The smallest absolute Gasteiger partial charge is 0.307 e. The maximum Gasteiger partial charge on any atom is 0.307 e. The molecule has 1 aromatic rings. The number of nitrogens with two attached hydrogens (primary N) is 1. The van der Waals surface area contributed by atoms with Crippen LogP contribution in [-0.4, -0.2) is 16.1 Å². The van der Waals surface area contributed by atoms with Gasteiger partial charge in [-0.1, -0.05) is 12.5 Å². The summed E-state index contributed by atoms with van der Waals surface area (Å²) in [6.45, 7) is 1.95. The van der Waals surface area contributed by atoms with E-state index >= 15 is 0 Å². The Balaban J connectivity index is 2.35. The Kier molecular flexibility index (Phi) is 2.81. The minimum atomic E-state index is -0.719. The van der Waals surface area contributed by atoms with Crippen LogP contribution in [0.25, 0.3) is 0 Å². The molecule has 1 aliphatic carbocycles. The summed E-state index contributed by atoms with van der Waals surface area (Å²) in [6, 6.07) is 1.97. The summed E-state index contributed by atoms with van der Waals surface area (Å²) in [5.41, 5.74) is 7.76. The molecule has 0 amide bonds. The molecule has 1 heterocycles. The van der Waals surface area contributed by atoms with Gasteiger partial charge in [-0.05, 0) is 30.9 Å². The Labute approximate surface area is 94.5 Å². The highest BCUT2D eigenvalue weighted by molar-refractivity contribution is 5.72. The first-order valence-electron chi connectivity index (χ1n) is 5.54. The van der Waals surface area contributed by atoms with E-state index in [1.165, 1.54) is 0 Å². The molecule has 0 radical (unpaired) electrons. The van der Waals surface area contributed by atoms with Crippen LogP contribution in [0.2, 0.25) is 0 Å². The van der Waals surface area contributed by atoms with Crippen molar-refractivity contribution in [1.29, 1.82) is 0 Å². The molecule has 1 aromatic heterocycles. The van der Waals surface area contributed by atoms with Gasteiger partial charge in [0.15, 0.2) is 0 Å². The zero-order chi connectivity index (χ0) is 11.7. The summed E-state index contributed by atoms with van der Waals surface area (Å²) in [5, 5.41) is 9.14. The number of carbonyl (C=O) groups is 1. The third-order valence-electron chi connectivity index (χ3n) is 3.32. The zero-order valence-electron chi connectivity index (χ0n) is 9.31. The van der Waals surface area contributed by atoms with Gasteiger partial charge in [0.05, 0.1) is 5.92 Å². The van der Waals surface area contributed by atoms with Gasteiger partial charge in [0, 0.05) is 12.1 Å². The van der Waals surface area contributed by atoms with E-state index < -0.39 is 5.97 Å². The van der Waals surface area contributed by atoms with Crippen LogP contribution in [0.15, 0.2) is 12.3 Å². The number of aliphatic carboxylic acids is 1. The van der Waals surface area contributed by atoms with Crippen molar-refractivity contribution in [3.8, 4) is 0 Å². The lowest BCUT2D eigenvalue weighted by molar-refractivity contribution is -0.141. The molecule has 2 rings (SSSR count). The SMILES string of the molecule is Cc1cnc(N)c(C2CCCC2C(=O)O)c1. The Morgan fingerprint density at radius 1 is 1.56 bits per heavy atom. The summed E-state index contributed by atoms with van der Waals surface area (Å²) < 4.78 is 0. The number of aryl methyl sites for hydroxylation is 1. The number of rotatable bonds is 2. The van der Waals surface area contributed by atoms with E-state index in [-0.39, 0.29) is 11.8 Å². The summed E-state index contributed by atoms with van der Waals surface area (Å²) in [7, 11) is 0. The van der Waals surface area contributed by atoms with Gasteiger partial charge in [-0.2, -0.15) is 0 Å². The number of anilines is 1. The average Bonchev–Trinajstić information content (AvgIpc) is 2.70. The fourth-order valence-electron chi connectivity index (χ4n) is 2.53. The van der Waals surface area contributed by atoms with Gasteiger partial charge in [-0.25, -0.2) is 4.98 Å². The molecule has 0 aliphatic heterocycles. The van der Waals surface area contributed by atoms with Crippen molar-refractivity contribution in [3.63, 3.8) is 0 Å². The first kappa shape index (κ1) is 10.9. The molecule has 2 unspecified atom stereocenters. The quantitative estimate of drug-likeness (QED) is 0.798. The van der Waals surface area contributed by atoms with Gasteiger partial charge >= 0.3 is 5.97 Å². The third kappa shape index (κ3) is 1.87. The normalized spacial score (nSPS) is 24.6. The van der Waals surface area contributed by atoms with Crippen molar-refractivity contribution < 1.29 is 9.90 Å². The molecular weight excluding hydrogens is 204 g/mol. The summed E-state index contributed by atoms with van der Waals surface area (Å²) >= 11 is 0. The molecule has 0 aromatic carbocycles. The second-order valence-corrected chi connectivity index (χ2v) is 4.47. The van der Waals surface area contributed by atoms with E-state index in [4.69, 9.17) is 10.8 Å². The standard InChI is InChI=1S/C12H16N2O2/c1-7-5-10(11(13)14-6-7)8-3-2-4-9(8)12(15)16/h5-6,8-9H,2-4H2,1H3,(H2,13,14)(H,15,16). The number of nitrogen functional groups attached to an aromatic ring is 1. The molecule has 1 aliphatic rings. The second-order valence-electron chi connectivity index (χ2n) is 4.47. The minimum Gasteiger partial charge on any atom is -0.481 e. The summed E-state index contributed by atoms with van der Waals surface area (Å²) in [4.78, 5) is 15.2. The highest BCUT2D eigenvalue weighted by Crippen LogP contribution is 2.41. The summed E-state index contributed by atoms with van der Waals surface area (Å²) in [6.07, 6.45) is 4.30. The fraction of sp³-hybridized carbons (Fsp3) is 0.500. The van der Waals surface area contributed by atoms with Crippen molar-refractivity contribution in [3.05, 3.63) is 23.4 Å². The molecule has 16 heavy (non-hydrogen) atoms. The Morgan fingerprint density at radius 2 is 2.31 bits per heavy atom. The predicted molar refractivity (Wildman–Crippen MR) is 61.1 cm³/mol. The molecule has 3 N–H and O–H groups in total. The zero-order valence-corrected chi connectivity index (χ0v) is 9.31. The van der Waals surface area contributed by atoms with Crippen molar-refractivity contribution in [1.82, 2.24) is 4.98 Å². The van der Waals surface area contributed by atoms with Crippen LogP contribution in [0.3, 0.4) is 0 Å². The molecule has 1 saturated carbocycles. The van der Waals surface area contributed by atoms with Crippen LogP contribution >= 0.6 is 0 Å². The Hall–Kier alpha value is -1.58. The van der Waals surface area contributed by atoms with E-state index in [2.05, 4.69) is 4.98 Å². The minimum absolute atomic E-state index is 0.0323. The van der Waals surface area contributed by atoms with E-state index in [9.17, 15) is 4.79 Å². The second kappa shape index (κ2) is 4.12. The van der Waals surface area contributed by atoms with Gasteiger partial charge < -0.3 is 10.8 Å². The maximum atomic E-state index is 11.1. The van der Waals surface area contributed by atoms with Gasteiger partial charge in [0.1, 0.15) is 5.82 Å². The summed E-state index contributed by atoms with van der Waals surface area (Å²) in [5.74, 6) is -0.511. The van der Waals surface area contributed by atoms with Crippen LogP contribution in [0.1, 0.15) is 36.3 Å². The molecular formula is C12H16N2O2. The number of nitrogens with zero attached hydrogens (tertiary/aromatic N) is 1. The molecule has 86 valence electrons. The number of pyridine rings is 1. The highest BCUT2D eigenvalue weighted by Gasteiger charge is 2.35. The van der Waals surface area contributed by atoms with Crippen molar-refractivity contribution in [2.45, 2.75) is 32.1 Å². The number of carboxylic acid groups (broad SMARTS) is 1. The highest BCUT2D eigenvalue weighted by atomic mass is 16.4. The Morgan fingerprint density at radius 3 is 3.00 bits per heavy atom. The van der Waals surface area contributed by atoms with Gasteiger partial charge in [0.2, 0.25) is 0 Å². The first-order valence-corrected chi connectivity index (χ1v) is 5.54. The van der Waals surface area contributed by atoms with E-state index in [1.807, 2.05) is 13.0 Å². The van der Waals surface area contributed by atoms with Crippen LogP contribution in [0.5, 0.6) is 0 Å². The lowest BCUT2D eigenvalue weighted by atomic mass is 9.88. The monoisotopic (exact) mass is 220 g/mol. The van der Waals surface area contributed by atoms with E-state index in [0.717, 1.165) is 30.4 Å². The van der Waals surface area contributed by atoms with Crippen LogP contribution in [0, 0.1) is 12.8 Å². The maximum absolute atomic E-state index is 11.1. The van der Waals surface area contributed by atoms with Crippen LogP contribution in [0.4, 0.5) is 5.82 Å². The van der Waals surface area contributed by atoms with Crippen LogP contribution < -0.4 is 5.73 Å². The third-order valence-corrected chi connectivity index (χ3v) is 3.32. The average molecular weight is 220 g/mol. The molecule has 0 bridgehead atoms. The molecule has 4 nitrogen and oxygen atoms in total. The van der Waals surface area contributed by atoms with Crippen molar-refractivity contribution in [2.24, 2.45) is 5.92 Å². The van der Waals surface area contributed by atoms with Gasteiger partial charge in [-0.15, -0.1) is 0 Å². The number of aromatic nitrogens is 1. The predicted octanol–water partition coefficient (Wildman–Crippen LogP) is 1.94. The number of hydrogen-bond donors (Lipinski definition) is 2. The van der Waals surface area contributed by atoms with Crippen molar-refractivity contribution >= 4 is 11.8 Å². The first-order chi connectivity index (χ1) is 7.59.